The van der Waals surface area contributed by atoms with Gasteiger partial charge in [-0.2, -0.15) is 0 Å². The van der Waals surface area contributed by atoms with E-state index >= 15 is 0 Å². The lowest BCUT2D eigenvalue weighted by Gasteiger charge is -2.27. The Hall–Kier alpha value is -1.10. The second kappa shape index (κ2) is 6.34. The van der Waals surface area contributed by atoms with Gasteiger partial charge in [-0.05, 0) is 48.9 Å². The number of carbonyl (C=O) groups excluding carboxylic acids is 1. The molecule has 3 rings (SSSR count). The van der Waals surface area contributed by atoms with Crippen molar-refractivity contribution in [3.63, 3.8) is 0 Å². The summed E-state index contributed by atoms with van der Waals surface area (Å²) < 4.78 is 5.29. The highest BCUT2D eigenvalue weighted by atomic mass is 35.5. The second-order valence-electron chi connectivity index (χ2n) is 5.85. The monoisotopic (exact) mass is 308 g/mol. The smallest absolute Gasteiger partial charge is 0.237 e. The summed E-state index contributed by atoms with van der Waals surface area (Å²) in [5.41, 5.74) is 2.47. The van der Waals surface area contributed by atoms with Gasteiger partial charge in [0.05, 0.1) is 18.2 Å². The number of ether oxygens (including phenoxy) is 1. The zero-order valence-electron chi connectivity index (χ0n) is 12.2. The van der Waals surface area contributed by atoms with Gasteiger partial charge in [-0.25, -0.2) is 0 Å². The van der Waals surface area contributed by atoms with Crippen LogP contribution in [0.3, 0.4) is 0 Å². The van der Waals surface area contributed by atoms with E-state index < -0.39 is 0 Å². The van der Waals surface area contributed by atoms with Gasteiger partial charge in [0.2, 0.25) is 5.91 Å². The summed E-state index contributed by atoms with van der Waals surface area (Å²) in [7, 11) is 1.69. The van der Waals surface area contributed by atoms with Crippen molar-refractivity contribution in [2.24, 2.45) is 0 Å². The molecule has 0 saturated carbocycles. The Morgan fingerprint density at radius 3 is 3.10 bits per heavy atom. The van der Waals surface area contributed by atoms with Gasteiger partial charge in [0.1, 0.15) is 0 Å². The van der Waals surface area contributed by atoms with Gasteiger partial charge in [0, 0.05) is 18.7 Å². The predicted molar refractivity (Wildman–Crippen MR) is 82.5 cm³/mol. The summed E-state index contributed by atoms with van der Waals surface area (Å²) >= 11 is 6.10. The lowest BCUT2D eigenvalue weighted by Crippen LogP contribution is -2.42. The van der Waals surface area contributed by atoms with Gasteiger partial charge in [-0.3, -0.25) is 4.79 Å². The molecule has 5 heteroatoms. The second-order valence-corrected chi connectivity index (χ2v) is 6.29. The molecule has 2 N–H and O–H groups in total. The van der Waals surface area contributed by atoms with Gasteiger partial charge in [-0.15, -0.1) is 0 Å². The van der Waals surface area contributed by atoms with E-state index in [-0.39, 0.29) is 24.1 Å². The van der Waals surface area contributed by atoms with Crippen LogP contribution in [0.1, 0.15) is 36.4 Å². The SMILES string of the molecule is CO[C@H]1CN[C@@H](C(=O)N[C@H]2CCCc3ccc(Cl)cc32)C1. The molecule has 114 valence electrons. The van der Waals surface area contributed by atoms with Crippen molar-refractivity contribution in [2.45, 2.75) is 43.9 Å². The molecule has 21 heavy (non-hydrogen) atoms. The molecule has 0 unspecified atom stereocenters. The van der Waals surface area contributed by atoms with E-state index in [9.17, 15) is 4.79 Å². The first-order valence-electron chi connectivity index (χ1n) is 7.52. The van der Waals surface area contributed by atoms with Crippen LogP contribution in [0.4, 0.5) is 0 Å². The maximum absolute atomic E-state index is 12.4. The number of methoxy groups -OCH3 is 1. The first-order chi connectivity index (χ1) is 10.2. The van der Waals surface area contributed by atoms with E-state index in [0.29, 0.717) is 0 Å². The van der Waals surface area contributed by atoms with E-state index in [1.165, 1.54) is 11.1 Å². The zero-order valence-corrected chi connectivity index (χ0v) is 13.0. The fourth-order valence-corrected chi connectivity index (χ4v) is 3.46. The van der Waals surface area contributed by atoms with Crippen LogP contribution in [0.2, 0.25) is 5.02 Å². The van der Waals surface area contributed by atoms with Crippen LogP contribution in [-0.2, 0) is 16.0 Å². The lowest BCUT2D eigenvalue weighted by molar-refractivity contribution is -0.123. The van der Waals surface area contributed by atoms with E-state index in [1.54, 1.807) is 7.11 Å². The third-order valence-electron chi connectivity index (χ3n) is 4.48. The number of nitrogens with one attached hydrogen (secondary N) is 2. The summed E-state index contributed by atoms with van der Waals surface area (Å²) in [4.78, 5) is 12.4. The molecule has 0 bridgehead atoms. The zero-order chi connectivity index (χ0) is 14.8. The Morgan fingerprint density at radius 1 is 1.48 bits per heavy atom. The maximum atomic E-state index is 12.4. The van der Waals surface area contributed by atoms with Crippen molar-refractivity contribution in [3.05, 3.63) is 34.3 Å². The van der Waals surface area contributed by atoms with Crippen LogP contribution in [0.25, 0.3) is 0 Å². The number of benzene rings is 1. The van der Waals surface area contributed by atoms with Crippen molar-refractivity contribution in [1.29, 1.82) is 0 Å². The molecular formula is C16H21ClN2O2. The number of aryl methyl sites for hydroxylation is 1. The van der Waals surface area contributed by atoms with Gasteiger partial charge >= 0.3 is 0 Å². The number of hydrogen-bond donors (Lipinski definition) is 2. The van der Waals surface area contributed by atoms with Crippen LogP contribution >= 0.6 is 11.6 Å². The van der Waals surface area contributed by atoms with Gasteiger partial charge in [0.25, 0.3) is 0 Å². The van der Waals surface area contributed by atoms with Crippen LogP contribution in [0, 0.1) is 0 Å². The van der Waals surface area contributed by atoms with Crippen molar-refractivity contribution in [3.8, 4) is 0 Å². The number of fused-ring (bicyclic) bond motifs is 1. The van der Waals surface area contributed by atoms with Crippen LogP contribution in [-0.4, -0.2) is 31.7 Å². The summed E-state index contributed by atoms with van der Waals surface area (Å²) in [6, 6.07) is 5.90. The first kappa shape index (κ1) is 14.8. The fraction of sp³-hybridized carbons (Fsp3) is 0.562. The average Bonchev–Trinajstić information content (AvgIpc) is 2.97. The van der Waals surface area contributed by atoms with Gasteiger partial charge in [0.15, 0.2) is 0 Å². The van der Waals surface area contributed by atoms with Crippen molar-refractivity contribution < 1.29 is 9.53 Å². The van der Waals surface area contributed by atoms with Crippen LogP contribution in [0.5, 0.6) is 0 Å². The Bertz CT molecular complexity index is 535. The van der Waals surface area contributed by atoms with E-state index in [1.807, 2.05) is 12.1 Å². The Labute approximate surface area is 130 Å². The summed E-state index contributed by atoms with van der Waals surface area (Å²) in [5.74, 6) is 0.0624. The molecule has 0 spiro atoms. The summed E-state index contributed by atoms with van der Waals surface area (Å²) in [6.07, 6.45) is 4.00. The third-order valence-corrected chi connectivity index (χ3v) is 4.71. The van der Waals surface area contributed by atoms with Gasteiger partial charge < -0.3 is 15.4 Å². The molecule has 0 radical (unpaired) electrons. The first-order valence-corrected chi connectivity index (χ1v) is 7.90. The molecule has 1 aliphatic carbocycles. The summed E-state index contributed by atoms with van der Waals surface area (Å²) in [6.45, 7) is 0.738. The molecule has 1 aromatic carbocycles. The molecule has 1 saturated heterocycles. The topological polar surface area (TPSA) is 50.4 Å². The predicted octanol–water partition coefficient (Wildman–Crippen LogP) is 2.21. The maximum Gasteiger partial charge on any atom is 0.237 e. The highest BCUT2D eigenvalue weighted by Crippen LogP contribution is 2.31. The molecule has 1 fully saturated rings. The molecule has 0 aromatic heterocycles. The molecule has 3 atom stereocenters. The third kappa shape index (κ3) is 3.23. The number of rotatable bonds is 3. The van der Waals surface area contributed by atoms with Crippen molar-refractivity contribution in [1.82, 2.24) is 10.6 Å². The normalized spacial score (nSPS) is 28.2. The van der Waals surface area contributed by atoms with E-state index in [0.717, 1.165) is 37.3 Å². The van der Waals surface area contributed by atoms with Crippen molar-refractivity contribution in [2.75, 3.05) is 13.7 Å². The fourth-order valence-electron chi connectivity index (χ4n) is 3.27. The number of hydrogen-bond acceptors (Lipinski definition) is 3. The van der Waals surface area contributed by atoms with E-state index in [2.05, 4.69) is 16.7 Å². The number of halogens is 1. The molecule has 4 nitrogen and oxygen atoms in total. The summed E-state index contributed by atoms with van der Waals surface area (Å²) in [5, 5.41) is 7.12. The highest BCUT2D eigenvalue weighted by Gasteiger charge is 2.31. The van der Waals surface area contributed by atoms with Crippen molar-refractivity contribution >= 4 is 17.5 Å². The Balaban J connectivity index is 1.69. The quantitative estimate of drug-likeness (QED) is 0.900. The molecule has 1 heterocycles. The molecule has 1 aromatic rings. The minimum atomic E-state index is -0.153. The minimum Gasteiger partial charge on any atom is -0.380 e. The Morgan fingerprint density at radius 2 is 2.33 bits per heavy atom. The van der Waals surface area contributed by atoms with Crippen LogP contribution < -0.4 is 10.6 Å². The molecule has 1 amide bonds. The Kier molecular flexibility index (Phi) is 4.48. The highest BCUT2D eigenvalue weighted by molar-refractivity contribution is 6.30. The molecular weight excluding hydrogens is 288 g/mol. The molecule has 2 aliphatic rings. The van der Waals surface area contributed by atoms with E-state index in [4.69, 9.17) is 16.3 Å². The largest absolute Gasteiger partial charge is 0.380 e. The average molecular weight is 309 g/mol. The number of carbonyl (C=O) groups is 1. The van der Waals surface area contributed by atoms with Crippen LogP contribution in [0.15, 0.2) is 18.2 Å². The standard InChI is InChI=1S/C16H21ClN2O2/c1-21-12-8-15(18-9-12)16(20)19-14-4-2-3-10-5-6-11(17)7-13(10)14/h5-7,12,14-15,18H,2-4,8-9H2,1H3,(H,19,20)/t12-,14+,15-/m1/s1. The lowest BCUT2D eigenvalue weighted by atomic mass is 9.87. The van der Waals surface area contributed by atoms with Gasteiger partial charge in [-0.1, -0.05) is 17.7 Å². The minimum absolute atomic E-state index is 0.0624. The molecule has 1 aliphatic heterocycles. The number of amides is 1.